The van der Waals surface area contributed by atoms with Gasteiger partial charge in [0.1, 0.15) is 60.4 Å². The standard InChI is InChI=1S/C72H110O24/c1-61(2)20-24-70(59(90)95-55-49(82)47(80)45(78)37(30-73)92-55)26-22-65(7)33(43(70)52(61)85)12-14-39-63(5)28-35(76)51(84)69(11,41(63)16-18-67(39,65)9)58(89)94-54-36(77)29-64(6)40-15-13-34-44-53(86)62(3,4)21-25-71(44,60(91)96-56-50(83)48(81)46(79)38(31-74)93-56)27-23-66(34,8)68(40,10)19-17-42(64)72(54,32-75)57(87)88/h12-13,35-56,73-86H,14-32H2,1-11H3,(H,87,88)/t35-,36-,37-,38-,39-,40-,41?,42?,43?,44?,45-,46-,47+,48+,49-,50-,51+,52+,53+,54-,55+,56+,63-,64-,65-,66-,67-,68-,69+,70+,71+,72-/m1/s1. The van der Waals surface area contributed by atoms with Gasteiger partial charge in [-0.25, -0.2) is 0 Å². The number of allylic oxidation sites excluding steroid dienone is 2. The summed E-state index contributed by atoms with van der Waals surface area (Å²) >= 11 is 0. The lowest BCUT2D eigenvalue weighted by Gasteiger charge is -2.72. The van der Waals surface area contributed by atoms with E-state index in [0.29, 0.717) is 64.2 Å². The number of carboxylic acid groups (broad SMARTS) is 1. The Labute approximate surface area is 561 Å². The summed E-state index contributed by atoms with van der Waals surface area (Å²) in [6.45, 7) is 19.4. The molecule has 96 heavy (non-hydrogen) atoms. The van der Waals surface area contributed by atoms with Crippen molar-refractivity contribution in [2.45, 2.75) is 277 Å². The first-order chi connectivity index (χ1) is 44.6. The van der Waals surface area contributed by atoms with Crippen molar-refractivity contribution in [1.82, 2.24) is 0 Å². The molecule has 24 heteroatoms. The molecule has 15 N–H and O–H groups in total. The molecule has 0 spiro atoms. The van der Waals surface area contributed by atoms with Crippen LogP contribution in [0, 0.1) is 100 Å². The average molecular weight is 1360 g/mol. The Kier molecular flexibility index (Phi) is 17.8. The van der Waals surface area contributed by atoms with E-state index < -0.39 is 230 Å². The zero-order valence-corrected chi connectivity index (χ0v) is 57.7. The molecule has 12 rings (SSSR count). The van der Waals surface area contributed by atoms with Gasteiger partial charge in [-0.1, -0.05) is 92.5 Å². The maximum absolute atomic E-state index is 15.9. The number of ether oxygens (including phenoxy) is 5. The van der Waals surface area contributed by atoms with E-state index in [2.05, 4.69) is 33.8 Å². The van der Waals surface area contributed by atoms with Crippen LogP contribution >= 0.6 is 0 Å². The molecule has 0 aromatic rings. The van der Waals surface area contributed by atoms with Crippen LogP contribution in [0.2, 0.25) is 0 Å². The van der Waals surface area contributed by atoms with Gasteiger partial charge in [0.05, 0.1) is 66.6 Å². The summed E-state index contributed by atoms with van der Waals surface area (Å²) in [7, 11) is 0. The number of aliphatic hydroxyl groups is 14. The number of carbonyl (C=O) groups is 4. The summed E-state index contributed by atoms with van der Waals surface area (Å²) < 4.78 is 29.8. The van der Waals surface area contributed by atoms with Crippen molar-refractivity contribution >= 4 is 23.9 Å². The summed E-state index contributed by atoms with van der Waals surface area (Å²) in [4.78, 5) is 60.3. The van der Waals surface area contributed by atoms with Gasteiger partial charge in [0.25, 0.3) is 0 Å². The number of hydrogen-bond acceptors (Lipinski definition) is 23. The van der Waals surface area contributed by atoms with Crippen LogP contribution < -0.4 is 0 Å². The first-order valence-corrected chi connectivity index (χ1v) is 35.5. The quantitative estimate of drug-likeness (QED) is 0.0848. The fraction of sp³-hybridized carbons (Fsp3) is 0.889. The third kappa shape index (κ3) is 9.47. The van der Waals surface area contributed by atoms with Gasteiger partial charge in [-0.3, -0.25) is 19.2 Å². The lowest BCUT2D eigenvalue weighted by Crippen LogP contribution is -2.72. The molecule has 542 valence electrons. The van der Waals surface area contributed by atoms with Gasteiger partial charge in [-0.15, -0.1) is 0 Å². The molecular formula is C72H110O24. The van der Waals surface area contributed by atoms with Crippen molar-refractivity contribution in [3.63, 3.8) is 0 Å². The molecule has 2 heterocycles. The van der Waals surface area contributed by atoms with Crippen LogP contribution in [0.15, 0.2) is 23.3 Å². The van der Waals surface area contributed by atoms with Crippen LogP contribution in [-0.2, 0) is 42.9 Å². The number of rotatable bonds is 10. The number of esters is 3. The number of aliphatic hydroxyl groups excluding tert-OH is 14. The van der Waals surface area contributed by atoms with Crippen LogP contribution in [0.25, 0.3) is 0 Å². The molecule has 8 saturated carbocycles. The number of carbonyl (C=O) groups excluding carboxylic acids is 3. The molecule has 0 aromatic carbocycles. The predicted molar refractivity (Wildman–Crippen MR) is 337 cm³/mol. The second-order valence-corrected chi connectivity index (χ2v) is 35.5. The van der Waals surface area contributed by atoms with Gasteiger partial charge in [0, 0.05) is 11.8 Å². The molecule has 2 aliphatic heterocycles. The van der Waals surface area contributed by atoms with Crippen LogP contribution in [0.3, 0.4) is 0 Å². The highest BCUT2D eigenvalue weighted by Gasteiger charge is 2.78. The van der Waals surface area contributed by atoms with E-state index in [0.717, 1.165) is 11.1 Å². The Hall–Kier alpha value is -3.28. The van der Waals surface area contributed by atoms with Crippen molar-refractivity contribution in [3.8, 4) is 0 Å². The van der Waals surface area contributed by atoms with E-state index in [1.54, 1.807) is 6.92 Å². The number of carboxylic acids is 1. The molecule has 10 fully saturated rings. The van der Waals surface area contributed by atoms with Gasteiger partial charge >= 0.3 is 23.9 Å². The van der Waals surface area contributed by atoms with E-state index in [9.17, 15) is 91.0 Å². The number of fused-ring (bicyclic) bond motifs is 14. The first-order valence-electron chi connectivity index (χ1n) is 35.5. The normalized spacial score (nSPS) is 54.6. The molecule has 2 saturated heterocycles. The monoisotopic (exact) mass is 1360 g/mol. The molecule has 0 aromatic heterocycles. The minimum absolute atomic E-state index is 0.0606. The highest BCUT2D eigenvalue weighted by Crippen LogP contribution is 2.79. The Morgan fingerprint density at radius 3 is 1.26 bits per heavy atom. The van der Waals surface area contributed by atoms with Gasteiger partial charge in [0.2, 0.25) is 12.6 Å². The molecule has 10 aliphatic carbocycles. The number of hydrogen-bond donors (Lipinski definition) is 15. The molecule has 24 nitrogen and oxygen atoms in total. The van der Waals surface area contributed by atoms with Crippen molar-refractivity contribution in [2.75, 3.05) is 19.8 Å². The van der Waals surface area contributed by atoms with Gasteiger partial charge in [-0.2, -0.15) is 0 Å². The molecule has 0 amide bonds. The highest BCUT2D eigenvalue weighted by atomic mass is 16.7. The topological polar surface area (TPSA) is 418 Å². The molecule has 0 radical (unpaired) electrons. The van der Waals surface area contributed by atoms with E-state index in [4.69, 9.17) is 23.7 Å². The average Bonchev–Trinajstić information content (AvgIpc) is 0.675. The van der Waals surface area contributed by atoms with Gasteiger partial charge in [0.15, 0.2) is 0 Å². The lowest BCUT2D eigenvalue weighted by atomic mass is 9.33. The molecule has 12 aliphatic rings. The van der Waals surface area contributed by atoms with E-state index in [-0.39, 0.29) is 50.4 Å². The Morgan fingerprint density at radius 2 is 0.854 bits per heavy atom. The Balaban J connectivity index is 0.832. The van der Waals surface area contributed by atoms with Crippen LogP contribution in [0.5, 0.6) is 0 Å². The summed E-state index contributed by atoms with van der Waals surface area (Å²) in [6.07, 6.45) is -16.7. The third-order valence-corrected chi connectivity index (χ3v) is 31.0. The minimum atomic E-state index is -2.29. The fourth-order valence-corrected chi connectivity index (χ4v) is 24.6. The first kappa shape index (κ1) is 72.5. The lowest BCUT2D eigenvalue weighted by molar-refractivity contribution is -0.298. The maximum atomic E-state index is 15.9. The summed E-state index contributed by atoms with van der Waals surface area (Å²) in [5.74, 6) is -7.91. The van der Waals surface area contributed by atoms with Crippen molar-refractivity contribution in [2.24, 2.45) is 100 Å². The second kappa shape index (κ2) is 23.6. The van der Waals surface area contributed by atoms with Crippen molar-refractivity contribution < 1.29 is 119 Å². The van der Waals surface area contributed by atoms with Gasteiger partial charge < -0.3 is 100 Å². The largest absolute Gasteiger partial charge is 0.481 e. The summed E-state index contributed by atoms with van der Waals surface area (Å²) in [6, 6.07) is 0. The molecule has 4 unspecified atom stereocenters. The fourth-order valence-electron chi connectivity index (χ4n) is 24.6. The zero-order valence-electron chi connectivity index (χ0n) is 57.7. The predicted octanol–water partition coefficient (Wildman–Crippen LogP) is 2.45. The second-order valence-electron chi connectivity index (χ2n) is 35.5. The number of aliphatic carboxylic acids is 1. The minimum Gasteiger partial charge on any atom is -0.481 e. The summed E-state index contributed by atoms with van der Waals surface area (Å²) in [5, 5.41) is 171. The smallest absolute Gasteiger partial charge is 0.316 e. The van der Waals surface area contributed by atoms with E-state index in [1.165, 1.54) is 0 Å². The van der Waals surface area contributed by atoms with E-state index >= 15 is 4.79 Å². The van der Waals surface area contributed by atoms with Crippen LogP contribution in [0.4, 0.5) is 0 Å². The Bertz CT molecular complexity index is 3130. The van der Waals surface area contributed by atoms with Crippen molar-refractivity contribution in [1.29, 1.82) is 0 Å². The zero-order chi connectivity index (χ0) is 70.6. The molecule has 0 bridgehead atoms. The molecule has 32 atom stereocenters. The summed E-state index contributed by atoms with van der Waals surface area (Å²) in [5.41, 5.74) is -11.3. The van der Waals surface area contributed by atoms with Crippen LogP contribution in [0.1, 0.15) is 179 Å². The Morgan fingerprint density at radius 1 is 0.458 bits per heavy atom. The SMILES string of the molecule is CC1(C)CC[C@]2(C(=O)O[C@@H]3O[C@H](CO)[C@@H](O)[C@H](O)[C@H]3O)CC[C@]3(C)C(=CC[C@@H]4[C@@]5(C)C[C@@H](O)[C@H](O)[C@@](C)(C(=O)O[C@@H]6[C@H](O)C[C@@]7(C)C(CC[C@]8(C)[C@@H]7CC=C7C9[C@H](O)C(C)(C)CC[C@]9(C(=O)O[C@@H]9O[C@H](CO)[C@@H](O)[C@H](O)[C@H]9O)CC[C@]78C)[C@@]6(CO)C(=O)O)C5CC[C@]43C)C2[C@@H]1O. The maximum Gasteiger partial charge on any atom is 0.316 e. The van der Waals surface area contributed by atoms with Crippen LogP contribution in [-0.4, -0.2) is 218 Å². The van der Waals surface area contributed by atoms with Crippen molar-refractivity contribution in [3.05, 3.63) is 23.3 Å². The highest BCUT2D eigenvalue weighted by molar-refractivity contribution is 5.82. The third-order valence-electron chi connectivity index (χ3n) is 31.0. The molecular weight excluding hydrogens is 1250 g/mol. The van der Waals surface area contributed by atoms with Gasteiger partial charge in [-0.05, 0) is 177 Å². The van der Waals surface area contributed by atoms with E-state index in [1.807, 2.05) is 47.6 Å².